The maximum atomic E-state index is 12.3. The van der Waals surface area contributed by atoms with Crippen LogP contribution in [-0.2, 0) is 6.54 Å². The number of aromatic nitrogens is 3. The number of aromatic carboxylic acids is 1. The molecule has 2 aromatic heterocycles. The van der Waals surface area contributed by atoms with Crippen LogP contribution in [0.5, 0.6) is 0 Å². The highest BCUT2D eigenvalue weighted by atomic mass is 19.4. The Kier molecular flexibility index (Phi) is 3.24. The molecule has 0 bridgehead atoms. The minimum Gasteiger partial charge on any atom is -0.477 e. The summed E-state index contributed by atoms with van der Waals surface area (Å²) in [7, 11) is 0. The molecule has 0 radical (unpaired) electrons. The first-order chi connectivity index (χ1) is 8.88. The quantitative estimate of drug-likeness (QED) is 0.929. The minimum atomic E-state index is -4.54. The summed E-state index contributed by atoms with van der Waals surface area (Å²) >= 11 is 0. The molecule has 0 atom stereocenters. The number of carboxylic acids is 1. The van der Waals surface area contributed by atoms with Crippen molar-refractivity contribution in [3.8, 4) is 11.3 Å². The molecule has 0 saturated carbocycles. The highest BCUT2D eigenvalue weighted by Gasteiger charge is 2.32. The zero-order chi connectivity index (χ0) is 14.0. The first-order valence-electron chi connectivity index (χ1n) is 5.16. The molecule has 5 nitrogen and oxygen atoms in total. The molecule has 0 unspecified atom stereocenters. The van der Waals surface area contributed by atoms with Gasteiger partial charge in [-0.05, 0) is 12.1 Å². The van der Waals surface area contributed by atoms with Gasteiger partial charge in [0.25, 0.3) is 0 Å². The van der Waals surface area contributed by atoms with Crippen molar-refractivity contribution in [2.24, 2.45) is 0 Å². The van der Waals surface area contributed by atoms with Gasteiger partial charge in [0.1, 0.15) is 6.54 Å². The summed E-state index contributed by atoms with van der Waals surface area (Å²) in [6.45, 7) is -1.46. The molecular formula is C11H8F3N3O2. The third-order valence-corrected chi connectivity index (χ3v) is 2.31. The van der Waals surface area contributed by atoms with E-state index >= 15 is 0 Å². The zero-order valence-electron chi connectivity index (χ0n) is 9.42. The van der Waals surface area contributed by atoms with Crippen molar-refractivity contribution in [3.05, 3.63) is 36.3 Å². The van der Waals surface area contributed by atoms with Gasteiger partial charge in [-0.3, -0.25) is 4.98 Å². The summed E-state index contributed by atoms with van der Waals surface area (Å²) in [6, 6.07) is 4.72. The van der Waals surface area contributed by atoms with Crippen molar-refractivity contribution >= 4 is 5.97 Å². The van der Waals surface area contributed by atoms with Crippen LogP contribution in [0.1, 0.15) is 10.5 Å². The van der Waals surface area contributed by atoms with E-state index in [0.29, 0.717) is 4.68 Å². The van der Waals surface area contributed by atoms with Gasteiger partial charge in [-0.15, -0.1) is 0 Å². The van der Waals surface area contributed by atoms with Gasteiger partial charge >= 0.3 is 12.1 Å². The molecular weight excluding hydrogens is 263 g/mol. The van der Waals surface area contributed by atoms with Crippen molar-refractivity contribution in [2.45, 2.75) is 12.7 Å². The first kappa shape index (κ1) is 13.1. The van der Waals surface area contributed by atoms with Gasteiger partial charge in [0.05, 0.1) is 17.5 Å². The molecule has 2 heterocycles. The topological polar surface area (TPSA) is 68.0 Å². The Morgan fingerprint density at radius 3 is 2.63 bits per heavy atom. The zero-order valence-corrected chi connectivity index (χ0v) is 9.42. The molecule has 0 aliphatic heterocycles. The number of halogens is 3. The predicted molar refractivity (Wildman–Crippen MR) is 58.5 cm³/mol. The Hall–Kier alpha value is -2.38. The van der Waals surface area contributed by atoms with E-state index in [1.165, 1.54) is 12.3 Å². The van der Waals surface area contributed by atoms with Gasteiger partial charge < -0.3 is 5.11 Å². The molecule has 0 aliphatic rings. The van der Waals surface area contributed by atoms with Crippen LogP contribution in [0.4, 0.5) is 13.2 Å². The monoisotopic (exact) mass is 271 g/mol. The lowest BCUT2D eigenvalue weighted by Crippen LogP contribution is -2.22. The lowest BCUT2D eigenvalue weighted by molar-refractivity contribution is -0.142. The van der Waals surface area contributed by atoms with Crippen LogP contribution in [0.25, 0.3) is 11.3 Å². The van der Waals surface area contributed by atoms with Crippen molar-refractivity contribution in [2.75, 3.05) is 0 Å². The maximum absolute atomic E-state index is 12.3. The Morgan fingerprint density at radius 2 is 2.11 bits per heavy atom. The third-order valence-electron chi connectivity index (χ3n) is 2.31. The molecule has 100 valence electrons. The van der Waals surface area contributed by atoms with Crippen molar-refractivity contribution in [1.82, 2.24) is 14.8 Å². The SMILES string of the molecule is O=C(O)c1c(-c2ccccn2)cnn1CC(F)(F)F. The second-order valence-electron chi connectivity index (χ2n) is 3.70. The minimum absolute atomic E-state index is 0.0531. The summed E-state index contributed by atoms with van der Waals surface area (Å²) in [5, 5.41) is 12.5. The fraction of sp³-hybridized carbons (Fsp3) is 0.182. The molecule has 0 aromatic carbocycles. The van der Waals surface area contributed by atoms with Gasteiger partial charge in [0, 0.05) is 6.20 Å². The second-order valence-corrected chi connectivity index (χ2v) is 3.70. The maximum Gasteiger partial charge on any atom is 0.408 e. The average molecular weight is 271 g/mol. The van der Waals surface area contributed by atoms with E-state index < -0.39 is 24.4 Å². The number of carboxylic acid groups (broad SMARTS) is 1. The van der Waals surface area contributed by atoms with Crippen LogP contribution in [0.3, 0.4) is 0 Å². The fourth-order valence-electron chi connectivity index (χ4n) is 1.61. The van der Waals surface area contributed by atoms with Gasteiger partial charge in [-0.25, -0.2) is 9.48 Å². The number of hydrogen-bond donors (Lipinski definition) is 1. The Balaban J connectivity index is 2.50. The van der Waals surface area contributed by atoms with E-state index in [-0.39, 0.29) is 11.3 Å². The molecule has 2 aromatic rings. The molecule has 0 aliphatic carbocycles. The molecule has 2 rings (SSSR count). The molecule has 0 spiro atoms. The van der Waals surface area contributed by atoms with Crippen LogP contribution >= 0.6 is 0 Å². The van der Waals surface area contributed by atoms with Crippen molar-refractivity contribution in [3.63, 3.8) is 0 Å². The smallest absolute Gasteiger partial charge is 0.408 e. The largest absolute Gasteiger partial charge is 0.477 e. The Labute approximate surface area is 105 Å². The van der Waals surface area contributed by atoms with Crippen molar-refractivity contribution in [1.29, 1.82) is 0 Å². The van der Waals surface area contributed by atoms with E-state index in [2.05, 4.69) is 10.1 Å². The van der Waals surface area contributed by atoms with Gasteiger partial charge in [0.2, 0.25) is 0 Å². The molecule has 0 saturated heterocycles. The van der Waals surface area contributed by atoms with Crippen LogP contribution < -0.4 is 0 Å². The standard InChI is InChI=1S/C11H8F3N3O2/c12-11(13,14)6-17-9(10(18)19)7(5-16-17)8-3-1-2-4-15-8/h1-5H,6H2,(H,18,19). The molecule has 8 heteroatoms. The summed E-state index contributed by atoms with van der Waals surface area (Å²) in [5.74, 6) is -1.48. The summed E-state index contributed by atoms with van der Waals surface area (Å²) in [5.41, 5.74) is -0.221. The van der Waals surface area contributed by atoms with E-state index in [1.54, 1.807) is 12.1 Å². The lowest BCUT2D eigenvalue weighted by Gasteiger charge is -2.08. The molecule has 19 heavy (non-hydrogen) atoms. The average Bonchev–Trinajstić information content (AvgIpc) is 2.71. The second kappa shape index (κ2) is 4.71. The number of alkyl halides is 3. The van der Waals surface area contributed by atoms with E-state index in [1.807, 2.05) is 0 Å². The van der Waals surface area contributed by atoms with E-state index in [0.717, 1.165) is 6.20 Å². The molecule has 0 amide bonds. The summed E-state index contributed by atoms with van der Waals surface area (Å²) in [6.07, 6.45) is -2.06. The first-order valence-corrected chi connectivity index (χ1v) is 5.16. The highest BCUT2D eigenvalue weighted by Crippen LogP contribution is 2.24. The van der Waals surface area contributed by atoms with Gasteiger partial charge in [0.15, 0.2) is 5.69 Å². The molecule has 1 N–H and O–H groups in total. The van der Waals surface area contributed by atoms with Crippen LogP contribution in [-0.4, -0.2) is 32.0 Å². The number of rotatable bonds is 3. The number of pyridine rings is 1. The van der Waals surface area contributed by atoms with Crippen molar-refractivity contribution < 1.29 is 23.1 Å². The fourth-order valence-corrected chi connectivity index (χ4v) is 1.61. The summed E-state index contributed by atoms with van der Waals surface area (Å²) < 4.78 is 37.4. The number of carbonyl (C=O) groups is 1. The van der Waals surface area contributed by atoms with Crippen LogP contribution in [0, 0.1) is 0 Å². The Bertz CT molecular complexity index is 593. The lowest BCUT2D eigenvalue weighted by atomic mass is 10.1. The van der Waals surface area contributed by atoms with E-state index in [9.17, 15) is 18.0 Å². The number of hydrogen-bond acceptors (Lipinski definition) is 3. The van der Waals surface area contributed by atoms with Gasteiger partial charge in [-0.1, -0.05) is 6.07 Å². The van der Waals surface area contributed by atoms with Crippen LogP contribution in [0.2, 0.25) is 0 Å². The normalized spacial score (nSPS) is 11.5. The highest BCUT2D eigenvalue weighted by molar-refractivity contribution is 5.93. The summed E-state index contributed by atoms with van der Waals surface area (Å²) in [4.78, 5) is 15.0. The third kappa shape index (κ3) is 2.90. The van der Waals surface area contributed by atoms with Gasteiger partial charge in [-0.2, -0.15) is 18.3 Å². The Morgan fingerprint density at radius 1 is 1.37 bits per heavy atom. The number of nitrogens with zero attached hydrogens (tertiary/aromatic N) is 3. The predicted octanol–water partition coefficient (Wildman–Crippen LogP) is 2.21. The molecule has 0 fully saturated rings. The van der Waals surface area contributed by atoms with Crippen LogP contribution in [0.15, 0.2) is 30.6 Å². The van der Waals surface area contributed by atoms with E-state index in [4.69, 9.17) is 5.11 Å².